The van der Waals surface area contributed by atoms with Crippen molar-refractivity contribution in [2.24, 2.45) is 0 Å². The first-order chi connectivity index (χ1) is 13.4. The lowest BCUT2D eigenvalue weighted by atomic mass is 10.1. The van der Waals surface area contributed by atoms with Crippen molar-refractivity contribution in [3.05, 3.63) is 62.5 Å². The smallest absolute Gasteiger partial charge is 0.234 e. The zero-order valence-electron chi connectivity index (χ0n) is 15.9. The van der Waals surface area contributed by atoms with Gasteiger partial charge in [0.25, 0.3) is 0 Å². The molecule has 0 fully saturated rings. The number of carbonyl (C=O) groups excluding carboxylic acids is 1. The molecular formula is C20H21IN4O2S. The minimum absolute atomic E-state index is 0.0705. The van der Waals surface area contributed by atoms with Crippen LogP contribution in [0.15, 0.2) is 41.6 Å². The molecule has 0 aliphatic carbocycles. The number of nitrogens with one attached hydrogen (secondary N) is 2. The van der Waals surface area contributed by atoms with Gasteiger partial charge in [-0.2, -0.15) is 0 Å². The molecule has 0 aliphatic heterocycles. The van der Waals surface area contributed by atoms with Gasteiger partial charge in [-0.3, -0.25) is 9.89 Å². The van der Waals surface area contributed by atoms with Crippen LogP contribution < -0.4 is 10.1 Å². The molecule has 3 aromatic rings. The van der Waals surface area contributed by atoms with Crippen LogP contribution in [0, 0.1) is 17.4 Å². The van der Waals surface area contributed by atoms with Gasteiger partial charge in [0, 0.05) is 15.7 Å². The molecule has 0 spiro atoms. The molecule has 1 aromatic heterocycles. The molecule has 1 heterocycles. The van der Waals surface area contributed by atoms with E-state index in [1.54, 1.807) is 7.11 Å². The van der Waals surface area contributed by atoms with E-state index in [2.05, 4.69) is 55.2 Å². The Labute approximate surface area is 182 Å². The van der Waals surface area contributed by atoms with Crippen LogP contribution in [0.5, 0.6) is 5.75 Å². The number of rotatable bonds is 7. The van der Waals surface area contributed by atoms with E-state index >= 15 is 0 Å². The number of halogens is 1. The number of H-pyrrole nitrogens is 1. The minimum Gasteiger partial charge on any atom is -0.497 e. The number of ether oxygens (including phenoxy) is 1. The SMILES string of the molecule is COc1ccc(Cc2nc(SCC(=O)Nc3c(C)cc(I)cc3C)n[nH]2)cc1. The Bertz CT molecular complexity index is 950. The Balaban J connectivity index is 1.54. The van der Waals surface area contributed by atoms with Crippen molar-refractivity contribution in [2.45, 2.75) is 25.4 Å². The molecule has 3 rings (SSSR count). The Kier molecular flexibility index (Phi) is 6.95. The molecule has 0 atom stereocenters. The van der Waals surface area contributed by atoms with Gasteiger partial charge >= 0.3 is 0 Å². The molecular weight excluding hydrogens is 487 g/mol. The highest BCUT2D eigenvalue weighted by Gasteiger charge is 2.11. The summed E-state index contributed by atoms with van der Waals surface area (Å²) in [6, 6.07) is 11.9. The number of carbonyl (C=O) groups is 1. The number of hydrogen-bond donors (Lipinski definition) is 2. The van der Waals surface area contributed by atoms with Crippen LogP contribution in [0.3, 0.4) is 0 Å². The van der Waals surface area contributed by atoms with Gasteiger partial charge in [0.15, 0.2) is 0 Å². The number of methoxy groups -OCH3 is 1. The summed E-state index contributed by atoms with van der Waals surface area (Å²) in [7, 11) is 1.65. The maximum Gasteiger partial charge on any atom is 0.234 e. The maximum atomic E-state index is 12.3. The molecule has 0 bridgehead atoms. The van der Waals surface area contributed by atoms with Crippen molar-refractivity contribution in [1.82, 2.24) is 15.2 Å². The number of nitrogens with zero attached hydrogens (tertiary/aromatic N) is 2. The largest absolute Gasteiger partial charge is 0.497 e. The second kappa shape index (κ2) is 9.42. The maximum absolute atomic E-state index is 12.3. The van der Waals surface area contributed by atoms with Crippen LogP contribution in [0.4, 0.5) is 5.69 Å². The van der Waals surface area contributed by atoms with Crippen molar-refractivity contribution < 1.29 is 9.53 Å². The molecule has 0 aliphatic rings. The lowest BCUT2D eigenvalue weighted by molar-refractivity contribution is -0.113. The van der Waals surface area contributed by atoms with E-state index < -0.39 is 0 Å². The van der Waals surface area contributed by atoms with E-state index in [4.69, 9.17) is 4.74 Å². The second-order valence-corrected chi connectivity index (χ2v) is 8.53. The summed E-state index contributed by atoms with van der Waals surface area (Å²) >= 11 is 3.59. The van der Waals surface area contributed by atoms with Gasteiger partial charge in [-0.15, -0.1) is 5.10 Å². The fraction of sp³-hybridized carbons (Fsp3) is 0.250. The Morgan fingerprint density at radius 1 is 1.21 bits per heavy atom. The van der Waals surface area contributed by atoms with Gasteiger partial charge < -0.3 is 10.1 Å². The average molecular weight is 508 g/mol. The predicted molar refractivity (Wildman–Crippen MR) is 120 cm³/mol. The van der Waals surface area contributed by atoms with E-state index in [1.165, 1.54) is 11.8 Å². The summed E-state index contributed by atoms with van der Waals surface area (Å²) in [4.78, 5) is 16.8. The molecule has 6 nitrogen and oxygen atoms in total. The van der Waals surface area contributed by atoms with Crippen LogP contribution in [-0.2, 0) is 11.2 Å². The zero-order valence-corrected chi connectivity index (χ0v) is 18.8. The van der Waals surface area contributed by atoms with Crippen molar-refractivity contribution in [3.8, 4) is 5.75 Å². The normalized spacial score (nSPS) is 10.7. The summed E-state index contributed by atoms with van der Waals surface area (Å²) < 4.78 is 6.32. The molecule has 0 saturated carbocycles. The third-order valence-corrected chi connectivity index (χ3v) is 5.61. The van der Waals surface area contributed by atoms with Crippen LogP contribution in [-0.4, -0.2) is 34.0 Å². The van der Waals surface area contributed by atoms with E-state index in [1.807, 2.05) is 38.1 Å². The van der Waals surface area contributed by atoms with Crippen LogP contribution in [0.2, 0.25) is 0 Å². The molecule has 28 heavy (non-hydrogen) atoms. The number of aromatic nitrogens is 3. The Morgan fingerprint density at radius 3 is 2.54 bits per heavy atom. The monoisotopic (exact) mass is 508 g/mol. The van der Waals surface area contributed by atoms with Gasteiger partial charge in [0.2, 0.25) is 11.1 Å². The van der Waals surface area contributed by atoms with Crippen molar-refractivity contribution in [1.29, 1.82) is 0 Å². The zero-order chi connectivity index (χ0) is 20.1. The summed E-state index contributed by atoms with van der Waals surface area (Å²) in [6.07, 6.45) is 0.644. The summed E-state index contributed by atoms with van der Waals surface area (Å²) in [5.74, 6) is 1.77. The molecule has 8 heteroatoms. The van der Waals surface area contributed by atoms with Gasteiger partial charge in [-0.25, -0.2) is 4.98 Å². The molecule has 146 valence electrons. The number of thioether (sulfide) groups is 1. The summed E-state index contributed by atoms with van der Waals surface area (Å²) in [5.41, 5.74) is 4.10. The van der Waals surface area contributed by atoms with E-state index in [-0.39, 0.29) is 11.7 Å². The molecule has 0 saturated heterocycles. The highest BCUT2D eigenvalue weighted by atomic mass is 127. The number of aryl methyl sites for hydroxylation is 2. The number of aromatic amines is 1. The number of anilines is 1. The van der Waals surface area contributed by atoms with Crippen molar-refractivity contribution in [2.75, 3.05) is 18.2 Å². The number of amides is 1. The summed E-state index contributed by atoms with van der Waals surface area (Å²) in [6.45, 7) is 4.00. The molecule has 0 unspecified atom stereocenters. The summed E-state index contributed by atoms with van der Waals surface area (Å²) in [5, 5.41) is 10.7. The third kappa shape index (κ3) is 5.48. The molecule has 0 radical (unpaired) electrons. The quantitative estimate of drug-likeness (QED) is 0.367. The first kappa shape index (κ1) is 20.7. The molecule has 2 aromatic carbocycles. The Morgan fingerprint density at radius 2 is 1.89 bits per heavy atom. The number of benzene rings is 2. The highest BCUT2D eigenvalue weighted by molar-refractivity contribution is 14.1. The standard InChI is InChI=1S/C20H21IN4O2S/c1-12-8-15(21)9-13(2)19(12)23-18(26)11-28-20-22-17(24-25-20)10-14-4-6-16(27-3)7-5-14/h4-9H,10-11H2,1-3H3,(H,23,26)(H,22,24,25). The van der Waals surface area contributed by atoms with E-state index in [0.717, 1.165) is 37.5 Å². The predicted octanol–water partition coefficient (Wildman–Crippen LogP) is 4.36. The fourth-order valence-electron chi connectivity index (χ4n) is 2.77. The topological polar surface area (TPSA) is 79.9 Å². The molecule has 1 amide bonds. The van der Waals surface area contributed by atoms with E-state index in [0.29, 0.717) is 11.6 Å². The Hall–Kier alpha value is -2.07. The van der Waals surface area contributed by atoms with Crippen molar-refractivity contribution in [3.63, 3.8) is 0 Å². The second-order valence-electron chi connectivity index (χ2n) is 6.34. The fourth-order valence-corrected chi connectivity index (χ4v) is 4.32. The third-order valence-electron chi connectivity index (χ3n) is 4.14. The van der Waals surface area contributed by atoms with Crippen LogP contribution in [0.1, 0.15) is 22.5 Å². The number of hydrogen-bond acceptors (Lipinski definition) is 5. The van der Waals surface area contributed by atoms with Crippen LogP contribution in [0.25, 0.3) is 0 Å². The minimum atomic E-state index is -0.0705. The first-order valence-corrected chi connectivity index (χ1v) is 10.7. The van der Waals surface area contributed by atoms with Crippen LogP contribution >= 0.6 is 34.4 Å². The van der Waals surface area contributed by atoms with Gasteiger partial charge in [-0.1, -0.05) is 23.9 Å². The highest BCUT2D eigenvalue weighted by Crippen LogP contribution is 2.24. The van der Waals surface area contributed by atoms with Gasteiger partial charge in [0.05, 0.1) is 12.9 Å². The van der Waals surface area contributed by atoms with Crippen molar-refractivity contribution >= 4 is 45.9 Å². The lowest BCUT2D eigenvalue weighted by Crippen LogP contribution is -2.16. The lowest BCUT2D eigenvalue weighted by Gasteiger charge is -2.11. The van der Waals surface area contributed by atoms with Gasteiger partial charge in [0.1, 0.15) is 11.6 Å². The first-order valence-electron chi connectivity index (χ1n) is 8.68. The average Bonchev–Trinajstić information content (AvgIpc) is 3.11. The van der Waals surface area contributed by atoms with E-state index in [9.17, 15) is 4.79 Å². The van der Waals surface area contributed by atoms with Gasteiger partial charge in [-0.05, 0) is 77.4 Å². The molecule has 2 N–H and O–H groups in total.